The fourth-order valence-corrected chi connectivity index (χ4v) is 2.19. The Morgan fingerprint density at radius 3 is 3.12 bits per heavy atom. The summed E-state index contributed by atoms with van der Waals surface area (Å²) in [6.07, 6.45) is 1.69. The number of halogens is 1. The lowest BCUT2D eigenvalue weighted by molar-refractivity contribution is 0.487. The quantitative estimate of drug-likeness (QED) is 0.725. The van der Waals surface area contributed by atoms with E-state index in [1.54, 1.807) is 12.3 Å². The number of nitrogens with one attached hydrogen (secondary N) is 1. The molecule has 3 rings (SSSR count). The van der Waals surface area contributed by atoms with Crippen LogP contribution in [0.15, 0.2) is 40.1 Å². The van der Waals surface area contributed by atoms with Crippen molar-refractivity contribution in [3.8, 4) is 0 Å². The topological polar surface area (TPSA) is 54.7 Å². The van der Waals surface area contributed by atoms with E-state index in [1.165, 1.54) is 23.9 Å². The molecule has 0 unspecified atom stereocenters. The molecule has 0 saturated heterocycles. The molecule has 0 aliphatic heterocycles. The van der Waals surface area contributed by atoms with Gasteiger partial charge in [0, 0.05) is 23.7 Å². The minimum Gasteiger partial charge on any atom is -0.431 e. The molecular weight excluding hydrogens is 241 g/mol. The van der Waals surface area contributed by atoms with Gasteiger partial charge in [-0.2, -0.15) is 5.10 Å². The maximum absolute atomic E-state index is 12.9. The lowest BCUT2D eigenvalue weighted by atomic mass is 10.3. The molecule has 1 aromatic carbocycles. The van der Waals surface area contributed by atoms with Crippen LogP contribution in [0.1, 0.15) is 5.69 Å². The first-order chi connectivity index (χ1) is 8.31. The Morgan fingerprint density at radius 2 is 2.29 bits per heavy atom. The number of aromatic amines is 1. The fraction of sp³-hybridized carbons (Fsp3) is 0.0909. The number of fused-ring (bicyclic) bond motifs is 1. The average molecular weight is 249 g/mol. The largest absolute Gasteiger partial charge is 0.431 e. The van der Waals surface area contributed by atoms with E-state index in [9.17, 15) is 4.39 Å². The molecule has 0 radical (unpaired) electrons. The number of aromatic nitrogens is 3. The average Bonchev–Trinajstić information content (AvgIpc) is 2.94. The highest BCUT2D eigenvalue weighted by atomic mass is 32.2. The SMILES string of the molecule is Fc1ccc2nc(SCc3ccn[nH]3)oc2c1. The van der Waals surface area contributed by atoms with Crippen LogP contribution >= 0.6 is 11.8 Å². The zero-order chi connectivity index (χ0) is 11.7. The molecule has 0 amide bonds. The van der Waals surface area contributed by atoms with E-state index in [0.717, 1.165) is 5.69 Å². The maximum atomic E-state index is 12.9. The predicted octanol–water partition coefficient (Wildman–Crippen LogP) is 2.98. The number of oxazole rings is 1. The lowest BCUT2D eigenvalue weighted by Crippen LogP contribution is -1.80. The van der Waals surface area contributed by atoms with Gasteiger partial charge in [-0.05, 0) is 18.2 Å². The third-order valence-corrected chi connectivity index (χ3v) is 3.12. The van der Waals surface area contributed by atoms with Crippen LogP contribution in [0.4, 0.5) is 4.39 Å². The van der Waals surface area contributed by atoms with Gasteiger partial charge in [0.25, 0.3) is 5.22 Å². The van der Waals surface area contributed by atoms with Crippen LogP contribution in [-0.2, 0) is 5.75 Å². The molecule has 6 heteroatoms. The van der Waals surface area contributed by atoms with Gasteiger partial charge in [0.05, 0.1) is 0 Å². The number of hydrogen-bond donors (Lipinski definition) is 1. The van der Waals surface area contributed by atoms with Gasteiger partial charge >= 0.3 is 0 Å². The van der Waals surface area contributed by atoms with Gasteiger partial charge in [-0.3, -0.25) is 5.10 Å². The number of H-pyrrole nitrogens is 1. The molecule has 2 heterocycles. The monoisotopic (exact) mass is 249 g/mol. The predicted molar refractivity (Wildman–Crippen MR) is 62.1 cm³/mol. The molecule has 0 bridgehead atoms. The summed E-state index contributed by atoms with van der Waals surface area (Å²) in [6, 6.07) is 6.19. The van der Waals surface area contributed by atoms with Crippen LogP contribution in [0, 0.1) is 5.82 Å². The van der Waals surface area contributed by atoms with E-state index >= 15 is 0 Å². The number of benzene rings is 1. The highest BCUT2D eigenvalue weighted by Crippen LogP contribution is 2.25. The number of hydrogen-bond acceptors (Lipinski definition) is 4. The van der Waals surface area contributed by atoms with Crippen molar-refractivity contribution < 1.29 is 8.81 Å². The second-order valence-electron chi connectivity index (χ2n) is 3.46. The fourth-order valence-electron chi connectivity index (χ4n) is 1.44. The Labute approximate surface area is 100 Å². The summed E-state index contributed by atoms with van der Waals surface area (Å²) in [5.74, 6) is 0.369. The number of thioether (sulfide) groups is 1. The van der Waals surface area contributed by atoms with Crippen LogP contribution in [0.2, 0.25) is 0 Å². The van der Waals surface area contributed by atoms with Crippen molar-refractivity contribution in [1.82, 2.24) is 15.2 Å². The smallest absolute Gasteiger partial charge is 0.257 e. The van der Waals surface area contributed by atoms with E-state index < -0.39 is 0 Å². The van der Waals surface area contributed by atoms with Gasteiger partial charge in [0.1, 0.15) is 11.3 Å². The molecule has 0 aliphatic carbocycles. The zero-order valence-corrected chi connectivity index (χ0v) is 9.50. The maximum Gasteiger partial charge on any atom is 0.257 e. The molecule has 0 aliphatic rings. The molecule has 0 spiro atoms. The van der Waals surface area contributed by atoms with Gasteiger partial charge < -0.3 is 4.42 Å². The van der Waals surface area contributed by atoms with Gasteiger partial charge in [-0.15, -0.1) is 0 Å². The summed E-state index contributed by atoms with van der Waals surface area (Å²) < 4.78 is 18.4. The molecule has 17 heavy (non-hydrogen) atoms. The van der Waals surface area contributed by atoms with Crippen molar-refractivity contribution in [1.29, 1.82) is 0 Å². The van der Waals surface area contributed by atoms with Crippen molar-refractivity contribution in [2.45, 2.75) is 11.0 Å². The summed E-state index contributed by atoms with van der Waals surface area (Å²) in [5, 5.41) is 7.23. The molecule has 0 atom stereocenters. The molecule has 0 fully saturated rings. The Morgan fingerprint density at radius 1 is 1.35 bits per heavy atom. The van der Waals surface area contributed by atoms with Gasteiger partial charge in [-0.1, -0.05) is 11.8 Å². The van der Waals surface area contributed by atoms with E-state index in [-0.39, 0.29) is 5.82 Å². The zero-order valence-electron chi connectivity index (χ0n) is 8.68. The van der Waals surface area contributed by atoms with Crippen molar-refractivity contribution in [3.05, 3.63) is 42.0 Å². The number of rotatable bonds is 3. The van der Waals surface area contributed by atoms with Crippen LogP contribution in [0.5, 0.6) is 0 Å². The highest BCUT2D eigenvalue weighted by Gasteiger charge is 2.07. The third kappa shape index (κ3) is 2.16. The minimum absolute atomic E-state index is 0.321. The molecular formula is C11H8FN3OS. The second-order valence-corrected chi connectivity index (χ2v) is 4.39. The van der Waals surface area contributed by atoms with Gasteiger partial charge in [0.15, 0.2) is 5.58 Å². The Hall–Kier alpha value is -1.82. The lowest BCUT2D eigenvalue weighted by Gasteiger charge is -1.91. The molecule has 4 nitrogen and oxygen atoms in total. The highest BCUT2D eigenvalue weighted by molar-refractivity contribution is 7.98. The van der Waals surface area contributed by atoms with Crippen LogP contribution < -0.4 is 0 Å². The molecule has 0 saturated carbocycles. The van der Waals surface area contributed by atoms with Crippen LogP contribution in [0.25, 0.3) is 11.1 Å². The Balaban J connectivity index is 1.81. The standard InChI is InChI=1S/C11H8FN3OS/c12-7-1-2-9-10(5-7)16-11(14-9)17-6-8-3-4-13-15-8/h1-5H,6H2,(H,13,15). The second kappa shape index (κ2) is 4.21. The van der Waals surface area contributed by atoms with Gasteiger partial charge in [0.2, 0.25) is 0 Å². The van der Waals surface area contributed by atoms with Gasteiger partial charge in [-0.25, -0.2) is 9.37 Å². The molecule has 1 N–H and O–H groups in total. The van der Waals surface area contributed by atoms with Crippen LogP contribution in [-0.4, -0.2) is 15.2 Å². The van der Waals surface area contributed by atoms with Crippen molar-refractivity contribution >= 4 is 22.9 Å². The molecule has 2 aromatic heterocycles. The third-order valence-electron chi connectivity index (χ3n) is 2.24. The van der Waals surface area contributed by atoms with Crippen LogP contribution in [0.3, 0.4) is 0 Å². The first-order valence-electron chi connectivity index (χ1n) is 4.98. The van der Waals surface area contributed by atoms with E-state index in [0.29, 0.717) is 22.1 Å². The first-order valence-corrected chi connectivity index (χ1v) is 5.97. The van der Waals surface area contributed by atoms with Crippen molar-refractivity contribution in [3.63, 3.8) is 0 Å². The van der Waals surface area contributed by atoms with Crippen molar-refractivity contribution in [2.24, 2.45) is 0 Å². The molecule has 86 valence electrons. The normalized spacial score (nSPS) is 11.1. The van der Waals surface area contributed by atoms with Crippen molar-refractivity contribution in [2.75, 3.05) is 0 Å². The summed E-state index contributed by atoms with van der Waals surface area (Å²) in [6.45, 7) is 0. The van der Waals surface area contributed by atoms with E-state index in [2.05, 4.69) is 15.2 Å². The summed E-state index contributed by atoms with van der Waals surface area (Å²) in [4.78, 5) is 4.25. The minimum atomic E-state index is -0.321. The number of nitrogens with zero attached hydrogens (tertiary/aromatic N) is 2. The van der Waals surface area contributed by atoms with E-state index in [4.69, 9.17) is 4.42 Å². The summed E-state index contributed by atoms with van der Waals surface area (Å²) in [5.41, 5.74) is 2.12. The molecule has 3 aromatic rings. The summed E-state index contributed by atoms with van der Waals surface area (Å²) in [7, 11) is 0. The van der Waals surface area contributed by atoms with E-state index in [1.807, 2.05) is 6.07 Å². The summed E-state index contributed by atoms with van der Waals surface area (Å²) >= 11 is 1.44. The Kier molecular flexibility index (Phi) is 2.56. The first kappa shape index (κ1) is 10.3. The Bertz CT molecular complexity index is 635.